The Morgan fingerprint density at radius 2 is 1.15 bits per heavy atom. The van der Waals surface area contributed by atoms with Crippen LogP contribution in [0, 0.1) is 0 Å². The lowest BCUT2D eigenvalue weighted by atomic mass is 10.5. The summed E-state index contributed by atoms with van der Waals surface area (Å²) in [4.78, 5) is 0. The van der Waals surface area contributed by atoms with Crippen LogP contribution in [-0.4, -0.2) is 90.1 Å². The van der Waals surface area contributed by atoms with Crippen molar-refractivity contribution in [1.82, 2.24) is 0 Å². The summed E-state index contributed by atoms with van der Waals surface area (Å²) < 4.78 is 36.8. The van der Waals surface area contributed by atoms with Gasteiger partial charge in [-0.2, -0.15) is 0 Å². The van der Waals surface area contributed by atoms with Crippen molar-refractivity contribution in [2.75, 3.05) is 61.0 Å². The predicted molar refractivity (Wildman–Crippen MR) is 110 cm³/mol. The van der Waals surface area contributed by atoms with Crippen molar-refractivity contribution in [2.45, 2.75) is 56.8 Å². The zero-order valence-electron chi connectivity index (χ0n) is 18.1. The highest BCUT2D eigenvalue weighted by molar-refractivity contribution is 6.76. The van der Waals surface area contributed by atoms with Gasteiger partial charge in [-0.3, -0.25) is 0 Å². The molecule has 0 saturated carbocycles. The Balaban J connectivity index is 0.000000277. The number of hydrogen-bond acceptors (Lipinski definition) is 7. The van der Waals surface area contributed by atoms with E-state index in [1.54, 1.807) is 21.3 Å². The molecule has 2 aliphatic rings. The topological polar surface area (TPSA) is 71.2 Å². The van der Waals surface area contributed by atoms with Crippen LogP contribution in [0.25, 0.3) is 0 Å². The van der Waals surface area contributed by atoms with Gasteiger partial charge in [0.1, 0.15) is 12.2 Å². The molecule has 0 N–H and O–H groups in total. The lowest BCUT2D eigenvalue weighted by molar-refractivity contribution is 0.100. The van der Waals surface area contributed by atoms with E-state index in [0.29, 0.717) is 25.4 Å². The van der Waals surface area contributed by atoms with Gasteiger partial charge < -0.3 is 32.2 Å². The Kier molecular flexibility index (Phi) is 12.5. The van der Waals surface area contributed by atoms with Gasteiger partial charge in [0.15, 0.2) is 0 Å². The van der Waals surface area contributed by atoms with E-state index >= 15 is 0 Å². The summed E-state index contributed by atoms with van der Waals surface area (Å²) in [7, 11) is 1.65. The van der Waals surface area contributed by atoms with Crippen LogP contribution < -0.4 is 0 Å². The van der Waals surface area contributed by atoms with E-state index in [9.17, 15) is 0 Å². The first kappa shape index (κ1) is 25.2. The van der Waals surface area contributed by atoms with Crippen LogP contribution in [0.1, 0.15) is 12.8 Å². The predicted octanol–water partition coefficient (Wildman–Crippen LogP) is 2.80. The molecular formula is C18H40O7Si2. The fourth-order valence-electron chi connectivity index (χ4n) is 2.41. The van der Waals surface area contributed by atoms with E-state index in [1.807, 2.05) is 0 Å². The summed E-state index contributed by atoms with van der Waals surface area (Å²) in [6.07, 6.45) is 2.87. The molecule has 2 aliphatic heterocycles. The Morgan fingerprint density at radius 3 is 1.48 bits per heavy atom. The largest absolute Gasteiger partial charge is 0.500 e. The van der Waals surface area contributed by atoms with Gasteiger partial charge in [-0.25, -0.2) is 0 Å². The molecule has 2 saturated heterocycles. The van der Waals surface area contributed by atoms with Gasteiger partial charge in [0, 0.05) is 48.7 Å². The molecule has 2 fully saturated rings. The number of rotatable bonds is 15. The highest BCUT2D eigenvalue weighted by Gasteiger charge is 2.36. The third-order valence-electron chi connectivity index (χ3n) is 4.33. The molecule has 2 heterocycles. The maximum Gasteiger partial charge on any atom is 0.500 e. The van der Waals surface area contributed by atoms with Gasteiger partial charge in [-0.1, -0.05) is 25.7 Å². The van der Waals surface area contributed by atoms with Gasteiger partial charge in [0.25, 0.3) is 0 Å². The minimum atomic E-state index is -2.39. The van der Waals surface area contributed by atoms with Crippen LogP contribution >= 0.6 is 0 Å². The smallest absolute Gasteiger partial charge is 0.379 e. The van der Waals surface area contributed by atoms with Crippen molar-refractivity contribution in [3.05, 3.63) is 0 Å². The summed E-state index contributed by atoms with van der Waals surface area (Å²) in [6.45, 7) is 12.1. The molecule has 0 aliphatic carbocycles. The van der Waals surface area contributed by atoms with Crippen molar-refractivity contribution in [3.8, 4) is 0 Å². The Labute approximate surface area is 167 Å². The summed E-state index contributed by atoms with van der Waals surface area (Å²) in [6, 6.07) is 2.15. The second-order valence-electron chi connectivity index (χ2n) is 8.12. The second kappa shape index (κ2) is 13.4. The van der Waals surface area contributed by atoms with Crippen LogP contribution in [0.5, 0.6) is 0 Å². The fourth-order valence-corrected chi connectivity index (χ4v) is 5.30. The zero-order valence-corrected chi connectivity index (χ0v) is 20.1. The Morgan fingerprint density at radius 1 is 0.741 bits per heavy atom. The summed E-state index contributed by atoms with van der Waals surface area (Å²) in [5, 5.41) is 0. The fraction of sp³-hybridized carbons (Fsp3) is 1.00. The van der Waals surface area contributed by atoms with E-state index in [-0.39, 0.29) is 0 Å². The molecule has 27 heavy (non-hydrogen) atoms. The van der Waals surface area contributed by atoms with Crippen LogP contribution in [0.3, 0.4) is 0 Å². The van der Waals surface area contributed by atoms with Gasteiger partial charge in [-0.15, -0.1) is 0 Å². The van der Waals surface area contributed by atoms with Crippen LogP contribution in [-0.2, 0) is 32.2 Å². The molecule has 2 rings (SSSR count). The molecule has 7 nitrogen and oxygen atoms in total. The summed E-state index contributed by atoms with van der Waals surface area (Å²) >= 11 is 0. The van der Waals surface area contributed by atoms with Gasteiger partial charge in [-0.05, 0) is 12.8 Å². The van der Waals surface area contributed by atoms with Gasteiger partial charge >= 0.3 is 8.80 Å². The Bertz CT molecular complexity index is 359. The van der Waals surface area contributed by atoms with E-state index in [0.717, 1.165) is 38.9 Å². The third-order valence-corrected chi connectivity index (χ3v) is 9.02. The zero-order chi connectivity index (χ0) is 20.2. The van der Waals surface area contributed by atoms with E-state index in [1.165, 1.54) is 12.5 Å². The average molecular weight is 425 g/mol. The molecule has 2 atom stereocenters. The van der Waals surface area contributed by atoms with Crippen molar-refractivity contribution in [2.24, 2.45) is 0 Å². The molecule has 0 radical (unpaired) electrons. The Hall–Kier alpha value is 0.154. The van der Waals surface area contributed by atoms with Crippen LogP contribution in [0.2, 0.25) is 31.7 Å². The van der Waals surface area contributed by atoms with E-state index in [4.69, 9.17) is 32.2 Å². The van der Waals surface area contributed by atoms with Crippen molar-refractivity contribution < 1.29 is 32.2 Å². The first-order chi connectivity index (χ1) is 12.8. The second-order valence-corrected chi connectivity index (χ2v) is 16.8. The molecule has 0 aromatic rings. The van der Waals surface area contributed by atoms with Crippen LogP contribution in [0.4, 0.5) is 0 Å². The SMILES string of the molecule is CO[Si](CCCOCC1CO1)(OC)OC.C[Si](C)(C)CCCOCC1CO1. The molecule has 9 heteroatoms. The first-order valence-corrected chi connectivity index (χ1v) is 15.5. The molecule has 2 unspecified atom stereocenters. The maximum atomic E-state index is 5.45. The number of ether oxygens (including phenoxy) is 4. The van der Waals surface area contributed by atoms with Crippen LogP contribution in [0.15, 0.2) is 0 Å². The minimum Gasteiger partial charge on any atom is -0.379 e. The minimum absolute atomic E-state index is 0.333. The molecule has 0 spiro atoms. The molecule has 0 bridgehead atoms. The highest BCUT2D eigenvalue weighted by Crippen LogP contribution is 2.15. The maximum absolute atomic E-state index is 5.45. The quantitative estimate of drug-likeness (QED) is 0.227. The van der Waals surface area contributed by atoms with E-state index in [2.05, 4.69) is 19.6 Å². The normalized spacial score (nSPS) is 21.6. The van der Waals surface area contributed by atoms with E-state index < -0.39 is 16.9 Å². The van der Waals surface area contributed by atoms with Crippen molar-refractivity contribution >= 4 is 16.9 Å². The lowest BCUT2D eigenvalue weighted by Gasteiger charge is -2.24. The standard InChI is InChI=1S/C9H20O5Si.C9H20O2Si/c1-10-15(11-2,12-3)6-4-5-13-7-9-8-14-9;1-12(2,3)6-4-5-10-7-9-8-11-9/h9H,4-8H2,1-3H3;9H,4-8H2,1-3H3. The summed E-state index contributed by atoms with van der Waals surface area (Å²) in [5.41, 5.74) is 0. The highest BCUT2D eigenvalue weighted by atomic mass is 28.4. The first-order valence-electron chi connectivity index (χ1n) is 9.88. The lowest BCUT2D eigenvalue weighted by Crippen LogP contribution is -2.42. The van der Waals surface area contributed by atoms with Crippen molar-refractivity contribution in [1.29, 1.82) is 0 Å². The summed E-state index contributed by atoms with van der Waals surface area (Å²) in [5.74, 6) is 0. The monoisotopic (exact) mass is 424 g/mol. The molecular weight excluding hydrogens is 384 g/mol. The third kappa shape index (κ3) is 13.9. The van der Waals surface area contributed by atoms with Crippen molar-refractivity contribution in [3.63, 3.8) is 0 Å². The molecule has 0 amide bonds. The van der Waals surface area contributed by atoms with Gasteiger partial charge in [0.2, 0.25) is 0 Å². The average Bonchev–Trinajstić information content (AvgIpc) is 3.53. The number of epoxide rings is 2. The number of hydrogen-bond donors (Lipinski definition) is 0. The molecule has 0 aromatic carbocycles. The van der Waals surface area contributed by atoms with Gasteiger partial charge in [0.05, 0.1) is 26.4 Å². The molecule has 162 valence electrons. The molecule has 0 aromatic heterocycles.